The summed E-state index contributed by atoms with van der Waals surface area (Å²) in [6.07, 6.45) is -0.164. The number of rotatable bonds is 5. The van der Waals surface area contributed by atoms with Gasteiger partial charge in [0.05, 0.1) is 13.0 Å². The molecule has 0 aliphatic heterocycles. The SMILES string of the molecule is COCc1ccc(C(N)CC(=O)O)cc1O. The molecule has 1 aromatic carbocycles. The van der Waals surface area contributed by atoms with Crippen LogP contribution in [0.3, 0.4) is 0 Å². The summed E-state index contributed by atoms with van der Waals surface area (Å²) in [6.45, 7) is 0.306. The van der Waals surface area contributed by atoms with Gasteiger partial charge in [-0.1, -0.05) is 12.1 Å². The minimum Gasteiger partial charge on any atom is -0.508 e. The molecule has 0 heterocycles. The van der Waals surface area contributed by atoms with Crippen molar-refractivity contribution in [2.45, 2.75) is 19.1 Å². The van der Waals surface area contributed by atoms with E-state index in [9.17, 15) is 9.90 Å². The number of hydrogen-bond acceptors (Lipinski definition) is 4. The Morgan fingerprint density at radius 1 is 1.56 bits per heavy atom. The van der Waals surface area contributed by atoms with Crippen LogP contribution in [0.15, 0.2) is 18.2 Å². The number of carbonyl (C=O) groups is 1. The quantitative estimate of drug-likeness (QED) is 0.695. The number of ether oxygens (including phenoxy) is 1. The Morgan fingerprint density at radius 2 is 2.25 bits per heavy atom. The second-order valence-electron chi connectivity index (χ2n) is 3.53. The monoisotopic (exact) mass is 225 g/mol. The predicted octanol–water partition coefficient (Wildman–Crippen LogP) is 1.01. The van der Waals surface area contributed by atoms with Gasteiger partial charge in [0.2, 0.25) is 0 Å². The van der Waals surface area contributed by atoms with E-state index in [1.165, 1.54) is 13.2 Å². The summed E-state index contributed by atoms with van der Waals surface area (Å²) in [6, 6.07) is 4.24. The Labute approximate surface area is 93.5 Å². The lowest BCUT2D eigenvalue weighted by molar-refractivity contribution is -0.137. The molecule has 0 saturated carbocycles. The third kappa shape index (κ3) is 3.22. The number of methoxy groups -OCH3 is 1. The van der Waals surface area contributed by atoms with E-state index in [1.807, 2.05) is 0 Å². The number of nitrogens with two attached hydrogens (primary N) is 1. The van der Waals surface area contributed by atoms with Gasteiger partial charge in [0.1, 0.15) is 5.75 Å². The largest absolute Gasteiger partial charge is 0.508 e. The molecular weight excluding hydrogens is 210 g/mol. The maximum atomic E-state index is 10.5. The molecule has 0 aromatic heterocycles. The van der Waals surface area contributed by atoms with Crippen LogP contribution in [0, 0.1) is 0 Å². The van der Waals surface area contributed by atoms with E-state index < -0.39 is 12.0 Å². The van der Waals surface area contributed by atoms with Crippen LogP contribution in [0.1, 0.15) is 23.6 Å². The first-order valence-corrected chi connectivity index (χ1v) is 4.82. The fourth-order valence-electron chi connectivity index (χ4n) is 1.40. The Balaban J connectivity index is 2.83. The average molecular weight is 225 g/mol. The van der Waals surface area contributed by atoms with Crippen LogP contribution in [0.4, 0.5) is 0 Å². The number of aromatic hydroxyl groups is 1. The molecule has 0 spiro atoms. The first-order chi connectivity index (χ1) is 7.54. The Hall–Kier alpha value is -1.59. The van der Waals surface area contributed by atoms with E-state index in [0.29, 0.717) is 17.7 Å². The summed E-state index contributed by atoms with van der Waals surface area (Å²) < 4.78 is 4.89. The van der Waals surface area contributed by atoms with Gasteiger partial charge in [-0.25, -0.2) is 0 Å². The van der Waals surface area contributed by atoms with Gasteiger partial charge >= 0.3 is 5.97 Å². The highest BCUT2D eigenvalue weighted by Gasteiger charge is 2.12. The fourth-order valence-corrected chi connectivity index (χ4v) is 1.40. The van der Waals surface area contributed by atoms with Gasteiger partial charge in [0.25, 0.3) is 0 Å². The first kappa shape index (κ1) is 12.5. The van der Waals surface area contributed by atoms with Crippen molar-refractivity contribution >= 4 is 5.97 Å². The van der Waals surface area contributed by atoms with Gasteiger partial charge in [-0.15, -0.1) is 0 Å². The number of aliphatic carboxylic acids is 1. The lowest BCUT2D eigenvalue weighted by Gasteiger charge is -2.11. The van der Waals surface area contributed by atoms with E-state index >= 15 is 0 Å². The number of phenols is 1. The number of carboxylic acid groups (broad SMARTS) is 1. The van der Waals surface area contributed by atoms with Crippen LogP contribution in [-0.2, 0) is 16.1 Å². The third-order valence-corrected chi connectivity index (χ3v) is 2.23. The van der Waals surface area contributed by atoms with Gasteiger partial charge in [0, 0.05) is 18.7 Å². The molecule has 0 aliphatic rings. The van der Waals surface area contributed by atoms with E-state index in [2.05, 4.69) is 0 Å². The molecule has 5 heteroatoms. The third-order valence-electron chi connectivity index (χ3n) is 2.23. The second kappa shape index (κ2) is 5.48. The summed E-state index contributed by atoms with van der Waals surface area (Å²) in [4.78, 5) is 10.5. The number of phenolic OH excluding ortho intramolecular Hbond substituents is 1. The summed E-state index contributed by atoms with van der Waals surface area (Å²) >= 11 is 0. The van der Waals surface area contributed by atoms with Crippen molar-refractivity contribution in [3.8, 4) is 5.75 Å². The second-order valence-corrected chi connectivity index (χ2v) is 3.53. The predicted molar refractivity (Wildman–Crippen MR) is 58.0 cm³/mol. The van der Waals surface area contributed by atoms with Crippen molar-refractivity contribution in [3.63, 3.8) is 0 Å². The standard InChI is InChI=1S/C11H15NO4/c1-16-6-8-3-2-7(4-10(8)13)9(12)5-11(14)15/h2-4,9,13H,5-6,12H2,1H3,(H,14,15). The smallest absolute Gasteiger partial charge is 0.305 e. The van der Waals surface area contributed by atoms with Crippen molar-refractivity contribution in [3.05, 3.63) is 29.3 Å². The van der Waals surface area contributed by atoms with Gasteiger partial charge < -0.3 is 20.7 Å². The zero-order chi connectivity index (χ0) is 12.1. The maximum absolute atomic E-state index is 10.5. The van der Waals surface area contributed by atoms with Crippen molar-refractivity contribution < 1.29 is 19.7 Å². The average Bonchev–Trinajstić information content (AvgIpc) is 2.20. The molecule has 88 valence electrons. The minimum absolute atomic E-state index is 0.0696. The molecular formula is C11H15NO4. The molecule has 0 fully saturated rings. The first-order valence-electron chi connectivity index (χ1n) is 4.82. The van der Waals surface area contributed by atoms with Crippen LogP contribution < -0.4 is 5.73 Å². The molecule has 1 aromatic rings. The molecule has 0 amide bonds. The van der Waals surface area contributed by atoms with Gasteiger partial charge in [-0.05, 0) is 11.6 Å². The lowest BCUT2D eigenvalue weighted by Crippen LogP contribution is -2.14. The van der Waals surface area contributed by atoms with Crippen LogP contribution in [0.2, 0.25) is 0 Å². The molecule has 0 radical (unpaired) electrons. The van der Waals surface area contributed by atoms with Crippen molar-refractivity contribution in [1.82, 2.24) is 0 Å². The minimum atomic E-state index is -0.965. The van der Waals surface area contributed by atoms with Crippen LogP contribution in [0.25, 0.3) is 0 Å². The topological polar surface area (TPSA) is 92.8 Å². The van der Waals surface area contributed by atoms with Gasteiger partial charge in [-0.2, -0.15) is 0 Å². The molecule has 5 nitrogen and oxygen atoms in total. The van der Waals surface area contributed by atoms with Gasteiger partial charge in [-0.3, -0.25) is 4.79 Å². The van der Waals surface area contributed by atoms with Crippen molar-refractivity contribution in [2.75, 3.05) is 7.11 Å². The molecule has 0 aliphatic carbocycles. The summed E-state index contributed by atoms with van der Waals surface area (Å²) in [5.41, 5.74) is 6.91. The molecule has 0 bridgehead atoms. The Morgan fingerprint density at radius 3 is 2.75 bits per heavy atom. The van der Waals surface area contributed by atoms with E-state index in [-0.39, 0.29) is 12.2 Å². The fraction of sp³-hybridized carbons (Fsp3) is 0.364. The highest BCUT2D eigenvalue weighted by molar-refractivity contribution is 5.68. The molecule has 4 N–H and O–H groups in total. The zero-order valence-corrected chi connectivity index (χ0v) is 9.01. The molecule has 1 atom stereocenters. The summed E-state index contributed by atoms with van der Waals surface area (Å²) in [5.74, 6) is -0.895. The zero-order valence-electron chi connectivity index (χ0n) is 9.01. The molecule has 1 rings (SSSR count). The highest BCUT2D eigenvalue weighted by Crippen LogP contribution is 2.23. The summed E-state index contributed by atoms with van der Waals surface area (Å²) in [5, 5.41) is 18.2. The van der Waals surface area contributed by atoms with Crippen LogP contribution in [0.5, 0.6) is 5.75 Å². The number of carboxylic acids is 1. The van der Waals surface area contributed by atoms with Crippen molar-refractivity contribution in [2.24, 2.45) is 5.73 Å². The molecule has 16 heavy (non-hydrogen) atoms. The highest BCUT2D eigenvalue weighted by atomic mass is 16.5. The van der Waals surface area contributed by atoms with Crippen LogP contribution in [-0.4, -0.2) is 23.3 Å². The molecule has 0 saturated heterocycles. The van der Waals surface area contributed by atoms with Crippen molar-refractivity contribution in [1.29, 1.82) is 0 Å². The van der Waals surface area contributed by atoms with E-state index in [1.54, 1.807) is 12.1 Å². The Bertz CT molecular complexity index is 378. The van der Waals surface area contributed by atoms with Crippen LogP contribution >= 0.6 is 0 Å². The number of hydrogen-bond donors (Lipinski definition) is 3. The normalized spacial score (nSPS) is 12.4. The maximum Gasteiger partial charge on any atom is 0.305 e. The Kier molecular flexibility index (Phi) is 4.28. The molecule has 1 unspecified atom stereocenters. The lowest BCUT2D eigenvalue weighted by atomic mass is 10.0. The van der Waals surface area contributed by atoms with E-state index in [4.69, 9.17) is 15.6 Å². The number of benzene rings is 1. The summed E-state index contributed by atoms with van der Waals surface area (Å²) in [7, 11) is 1.53. The van der Waals surface area contributed by atoms with E-state index in [0.717, 1.165) is 0 Å². The van der Waals surface area contributed by atoms with Gasteiger partial charge in [0.15, 0.2) is 0 Å².